The Hall–Kier alpha value is -1.84. The van der Waals surface area contributed by atoms with E-state index >= 15 is 0 Å². The number of carbonyl (C=O) groups is 2. The second-order valence-electron chi connectivity index (χ2n) is 5.10. The third kappa shape index (κ3) is 1.78. The molecule has 1 N–H and O–H groups in total. The molecule has 2 saturated heterocycles. The first kappa shape index (κ1) is 11.3. The average Bonchev–Trinajstić information content (AvgIpc) is 2.88. The lowest BCUT2D eigenvalue weighted by Gasteiger charge is -2.22. The number of likely N-dealkylation sites (tertiary alicyclic amines) is 1. The molecule has 2 aliphatic heterocycles. The molecule has 0 spiro atoms. The van der Waals surface area contributed by atoms with E-state index < -0.39 is 0 Å². The van der Waals surface area contributed by atoms with Crippen LogP contribution in [-0.4, -0.2) is 35.3 Å². The second kappa shape index (κ2) is 4.12. The van der Waals surface area contributed by atoms with Gasteiger partial charge < -0.3 is 10.2 Å². The Morgan fingerprint density at radius 1 is 1.33 bits per heavy atom. The SMILES string of the molecule is Cc1ccc(C(=O)N2CC[C@H]3NC(=O)C[C@H]32)cc1. The van der Waals surface area contributed by atoms with Crippen molar-refractivity contribution in [2.75, 3.05) is 6.54 Å². The third-order valence-electron chi connectivity index (χ3n) is 3.85. The minimum Gasteiger partial charge on any atom is -0.351 e. The normalized spacial score (nSPS) is 26.1. The van der Waals surface area contributed by atoms with Crippen molar-refractivity contribution in [3.05, 3.63) is 35.4 Å². The van der Waals surface area contributed by atoms with Crippen LogP contribution in [0.1, 0.15) is 28.8 Å². The molecule has 0 saturated carbocycles. The molecule has 0 aromatic heterocycles. The lowest BCUT2D eigenvalue weighted by molar-refractivity contribution is -0.119. The molecule has 4 heteroatoms. The van der Waals surface area contributed by atoms with Crippen molar-refractivity contribution >= 4 is 11.8 Å². The first-order chi connectivity index (χ1) is 8.65. The summed E-state index contributed by atoms with van der Waals surface area (Å²) in [6.07, 6.45) is 1.32. The van der Waals surface area contributed by atoms with Gasteiger partial charge in [0.2, 0.25) is 5.91 Å². The number of hydrogen-bond donors (Lipinski definition) is 1. The molecule has 2 atom stereocenters. The van der Waals surface area contributed by atoms with Crippen LogP contribution in [0.25, 0.3) is 0 Å². The zero-order valence-electron chi connectivity index (χ0n) is 10.3. The number of fused-ring (bicyclic) bond motifs is 1. The molecule has 4 nitrogen and oxygen atoms in total. The average molecular weight is 244 g/mol. The summed E-state index contributed by atoms with van der Waals surface area (Å²) in [6.45, 7) is 2.74. The summed E-state index contributed by atoms with van der Waals surface area (Å²) in [7, 11) is 0. The molecule has 2 fully saturated rings. The minimum atomic E-state index is 0.0407. The Kier molecular flexibility index (Phi) is 2.58. The monoisotopic (exact) mass is 244 g/mol. The highest BCUT2D eigenvalue weighted by Gasteiger charge is 2.43. The minimum absolute atomic E-state index is 0.0407. The number of aryl methyl sites for hydroxylation is 1. The van der Waals surface area contributed by atoms with Crippen LogP contribution < -0.4 is 5.32 Å². The fourth-order valence-corrected chi connectivity index (χ4v) is 2.84. The van der Waals surface area contributed by atoms with Crippen LogP contribution in [0.5, 0.6) is 0 Å². The van der Waals surface area contributed by atoms with Crippen LogP contribution in [0, 0.1) is 6.92 Å². The Morgan fingerprint density at radius 2 is 2.06 bits per heavy atom. The summed E-state index contributed by atoms with van der Waals surface area (Å²) in [5.74, 6) is 0.102. The molecule has 2 amide bonds. The third-order valence-corrected chi connectivity index (χ3v) is 3.85. The van der Waals surface area contributed by atoms with Gasteiger partial charge in [-0.15, -0.1) is 0 Å². The van der Waals surface area contributed by atoms with Crippen LogP contribution >= 0.6 is 0 Å². The zero-order valence-corrected chi connectivity index (χ0v) is 10.3. The van der Waals surface area contributed by atoms with Gasteiger partial charge in [-0.1, -0.05) is 17.7 Å². The summed E-state index contributed by atoms with van der Waals surface area (Å²) < 4.78 is 0. The van der Waals surface area contributed by atoms with Crippen LogP contribution in [0.3, 0.4) is 0 Å². The van der Waals surface area contributed by atoms with Crippen LogP contribution in [0.4, 0.5) is 0 Å². The zero-order chi connectivity index (χ0) is 12.7. The molecule has 2 aliphatic rings. The highest BCUT2D eigenvalue weighted by molar-refractivity contribution is 5.95. The summed E-state index contributed by atoms with van der Waals surface area (Å²) >= 11 is 0. The van der Waals surface area contributed by atoms with Crippen molar-refractivity contribution in [2.24, 2.45) is 0 Å². The molecule has 94 valence electrons. The van der Waals surface area contributed by atoms with Crippen molar-refractivity contribution in [1.82, 2.24) is 10.2 Å². The largest absolute Gasteiger partial charge is 0.351 e. The van der Waals surface area contributed by atoms with Gasteiger partial charge in [0.05, 0.1) is 12.1 Å². The number of rotatable bonds is 1. The van der Waals surface area contributed by atoms with Gasteiger partial charge in [0, 0.05) is 18.5 Å². The summed E-state index contributed by atoms with van der Waals surface area (Å²) in [4.78, 5) is 25.6. The van der Waals surface area contributed by atoms with Crippen molar-refractivity contribution in [2.45, 2.75) is 31.8 Å². The Balaban J connectivity index is 1.81. The number of hydrogen-bond acceptors (Lipinski definition) is 2. The maximum Gasteiger partial charge on any atom is 0.254 e. The molecule has 18 heavy (non-hydrogen) atoms. The molecule has 3 rings (SSSR count). The number of amides is 2. The summed E-state index contributed by atoms with van der Waals surface area (Å²) in [5, 5.41) is 2.93. The molecule has 1 aromatic rings. The fourth-order valence-electron chi connectivity index (χ4n) is 2.84. The predicted octanol–water partition coefficient (Wildman–Crippen LogP) is 1.10. The summed E-state index contributed by atoms with van der Waals surface area (Å²) in [5.41, 5.74) is 1.85. The quantitative estimate of drug-likeness (QED) is 0.804. The van der Waals surface area contributed by atoms with Crippen LogP contribution in [0.2, 0.25) is 0 Å². The number of nitrogens with zero attached hydrogens (tertiary/aromatic N) is 1. The Labute approximate surface area is 106 Å². The Bertz CT molecular complexity index is 495. The number of carbonyl (C=O) groups excluding carboxylic acids is 2. The van der Waals surface area contributed by atoms with E-state index in [4.69, 9.17) is 0 Å². The molecular formula is C14H16N2O2. The van der Waals surface area contributed by atoms with Gasteiger partial charge in [0.1, 0.15) is 0 Å². The van der Waals surface area contributed by atoms with Crippen molar-refractivity contribution in [3.8, 4) is 0 Å². The van der Waals surface area contributed by atoms with Gasteiger partial charge in [0.15, 0.2) is 0 Å². The fraction of sp³-hybridized carbons (Fsp3) is 0.429. The highest BCUT2D eigenvalue weighted by atomic mass is 16.2. The van der Waals surface area contributed by atoms with Gasteiger partial charge in [-0.2, -0.15) is 0 Å². The van der Waals surface area contributed by atoms with Crippen LogP contribution in [-0.2, 0) is 4.79 Å². The van der Waals surface area contributed by atoms with Gasteiger partial charge in [0.25, 0.3) is 5.91 Å². The first-order valence-electron chi connectivity index (χ1n) is 6.32. The van der Waals surface area contributed by atoms with Crippen molar-refractivity contribution < 1.29 is 9.59 Å². The predicted molar refractivity (Wildman–Crippen MR) is 67.2 cm³/mol. The molecule has 0 radical (unpaired) electrons. The smallest absolute Gasteiger partial charge is 0.254 e. The maximum atomic E-state index is 12.4. The molecule has 0 aliphatic carbocycles. The topological polar surface area (TPSA) is 49.4 Å². The highest BCUT2D eigenvalue weighted by Crippen LogP contribution is 2.27. The first-order valence-corrected chi connectivity index (χ1v) is 6.32. The standard InChI is InChI=1S/C14H16N2O2/c1-9-2-4-10(5-3-9)14(18)16-7-6-11-12(16)8-13(17)15-11/h2-5,11-12H,6-8H2,1H3,(H,15,17)/t11-,12-/m1/s1. The van der Waals surface area contributed by atoms with Crippen molar-refractivity contribution in [1.29, 1.82) is 0 Å². The maximum absolute atomic E-state index is 12.4. The van der Waals surface area contributed by atoms with Gasteiger partial charge in [-0.3, -0.25) is 9.59 Å². The van der Waals surface area contributed by atoms with E-state index in [1.807, 2.05) is 36.1 Å². The lowest BCUT2D eigenvalue weighted by Crippen LogP contribution is -2.38. The van der Waals surface area contributed by atoms with Gasteiger partial charge in [-0.05, 0) is 25.5 Å². The summed E-state index contributed by atoms with van der Waals surface area (Å²) in [6, 6.07) is 7.81. The molecule has 0 bridgehead atoms. The van der Waals surface area contributed by atoms with Crippen LogP contribution in [0.15, 0.2) is 24.3 Å². The second-order valence-corrected chi connectivity index (χ2v) is 5.10. The number of nitrogens with one attached hydrogen (secondary N) is 1. The van der Waals surface area contributed by atoms with E-state index in [0.717, 1.165) is 18.5 Å². The van der Waals surface area contributed by atoms with E-state index in [1.165, 1.54) is 0 Å². The van der Waals surface area contributed by atoms with E-state index in [1.54, 1.807) is 0 Å². The molecule has 0 unspecified atom stereocenters. The Morgan fingerprint density at radius 3 is 2.78 bits per heavy atom. The number of benzene rings is 1. The molecular weight excluding hydrogens is 228 g/mol. The van der Waals surface area contributed by atoms with Gasteiger partial charge >= 0.3 is 0 Å². The van der Waals surface area contributed by atoms with E-state index in [9.17, 15) is 9.59 Å². The lowest BCUT2D eigenvalue weighted by atomic mass is 10.1. The van der Waals surface area contributed by atoms with E-state index in [2.05, 4.69) is 5.32 Å². The molecule has 2 heterocycles. The van der Waals surface area contributed by atoms with Gasteiger partial charge in [-0.25, -0.2) is 0 Å². The van der Waals surface area contributed by atoms with Crippen molar-refractivity contribution in [3.63, 3.8) is 0 Å². The molecule has 1 aromatic carbocycles. The van der Waals surface area contributed by atoms with E-state index in [-0.39, 0.29) is 23.9 Å². The van der Waals surface area contributed by atoms with E-state index in [0.29, 0.717) is 12.0 Å².